The summed E-state index contributed by atoms with van der Waals surface area (Å²) in [4.78, 5) is 11.1. The van der Waals surface area contributed by atoms with Gasteiger partial charge in [-0.05, 0) is 12.5 Å². The van der Waals surface area contributed by atoms with Crippen molar-refractivity contribution in [2.45, 2.75) is 25.7 Å². The van der Waals surface area contributed by atoms with Gasteiger partial charge >= 0.3 is 5.97 Å². The molecule has 0 aliphatic heterocycles. The lowest BCUT2D eigenvalue weighted by atomic mass is 9.94. The lowest BCUT2D eigenvalue weighted by molar-refractivity contribution is -0.139. The minimum Gasteiger partial charge on any atom is -0.496 e. The van der Waals surface area contributed by atoms with Gasteiger partial charge < -0.3 is 9.84 Å². The summed E-state index contributed by atoms with van der Waals surface area (Å²) in [6.07, 6.45) is 1.48. The quantitative estimate of drug-likeness (QED) is 0.809. The Hall–Kier alpha value is -1.51. The second-order valence-corrected chi connectivity index (χ2v) is 3.42. The Morgan fingerprint density at radius 2 is 2.13 bits per heavy atom. The first kappa shape index (κ1) is 11.6. The summed E-state index contributed by atoms with van der Waals surface area (Å²) < 4.78 is 5.16. The highest BCUT2D eigenvalue weighted by Gasteiger charge is 2.21. The van der Waals surface area contributed by atoms with Gasteiger partial charge in [0.15, 0.2) is 0 Å². The van der Waals surface area contributed by atoms with E-state index in [1.54, 1.807) is 13.2 Å². The first-order valence-electron chi connectivity index (χ1n) is 5.06. The summed E-state index contributed by atoms with van der Waals surface area (Å²) in [5, 5.41) is 9.12. The molecule has 0 fully saturated rings. The van der Waals surface area contributed by atoms with E-state index in [0.717, 1.165) is 12.0 Å². The van der Waals surface area contributed by atoms with E-state index in [0.29, 0.717) is 12.2 Å². The molecule has 0 heterocycles. The lowest BCUT2D eigenvalue weighted by Crippen LogP contribution is -2.12. The Balaban J connectivity index is 3.04. The van der Waals surface area contributed by atoms with Gasteiger partial charge in [-0.25, -0.2) is 0 Å². The van der Waals surface area contributed by atoms with Crippen LogP contribution in [-0.2, 0) is 4.79 Å². The van der Waals surface area contributed by atoms with Crippen molar-refractivity contribution in [2.24, 2.45) is 0 Å². The molecule has 3 nitrogen and oxygen atoms in total. The summed E-state index contributed by atoms with van der Waals surface area (Å²) in [6.45, 7) is 1.98. The summed E-state index contributed by atoms with van der Waals surface area (Å²) in [7, 11) is 1.56. The third kappa shape index (κ3) is 2.72. The van der Waals surface area contributed by atoms with E-state index >= 15 is 0 Å². The van der Waals surface area contributed by atoms with Crippen molar-refractivity contribution in [3.63, 3.8) is 0 Å². The van der Waals surface area contributed by atoms with Crippen molar-refractivity contribution in [1.82, 2.24) is 0 Å². The topological polar surface area (TPSA) is 46.5 Å². The largest absolute Gasteiger partial charge is 0.496 e. The van der Waals surface area contributed by atoms with Crippen LogP contribution in [0.1, 0.15) is 31.2 Å². The van der Waals surface area contributed by atoms with E-state index in [4.69, 9.17) is 9.84 Å². The minimum absolute atomic E-state index is 0.467. The number of carboxylic acid groups (broad SMARTS) is 1. The average molecular weight is 208 g/mol. The molecule has 0 radical (unpaired) electrons. The average Bonchev–Trinajstić information content (AvgIpc) is 2.25. The second-order valence-electron chi connectivity index (χ2n) is 3.42. The number of para-hydroxylation sites is 1. The maximum atomic E-state index is 11.1. The zero-order valence-corrected chi connectivity index (χ0v) is 9.06. The fourth-order valence-electron chi connectivity index (χ4n) is 1.65. The monoisotopic (exact) mass is 208 g/mol. The molecule has 1 aromatic carbocycles. The van der Waals surface area contributed by atoms with E-state index < -0.39 is 11.9 Å². The summed E-state index contributed by atoms with van der Waals surface area (Å²) in [5.74, 6) is -0.606. The lowest BCUT2D eigenvalue weighted by Gasteiger charge is -2.14. The van der Waals surface area contributed by atoms with Crippen LogP contribution < -0.4 is 4.74 Å². The maximum absolute atomic E-state index is 11.1. The van der Waals surface area contributed by atoms with Gasteiger partial charge in [-0.3, -0.25) is 4.79 Å². The van der Waals surface area contributed by atoms with Crippen molar-refractivity contribution in [2.75, 3.05) is 7.11 Å². The molecule has 1 aromatic rings. The Kier molecular flexibility index (Phi) is 4.16. The maximum Gasteiger partial charge on any atom is 0.311 e. The van der Waals surface area contributed by atoms with Crippen LogP contribution in [-0.4, -0.2) is 18.2 Å². The third-order valence-electron chi connectivity index (χ3n) is 2.39. The molecule has 0 bridgehead atoms. The first-order chi connectivity index (χ1) is 7.20. The number of hydrogen-bond acceptors (Lipinski definition) is 2. The summed E-state index contributed by atoms with van der Waals surface area (Å²) >= 11 is 0. The van der Waals surface area contributed by atoms with Crippen LogP contribution in [0.2, 0.25) is 0 Å². The molecule has 3 heteroatoms. The van der Waals surface area contributed by atoms with E-state index in [9.17, 15) is 4.79 Å². The minimum atomic E-state index is -0.790. The summed E-state index contributed by atoms with van der Waals surface area (Å²) in [6, 6.07) is 7.28. The van der Waals surface area contributed by atoms with Gasteiger partial charge in [-0.1, -0.05) is 31.5 Å². The van der Waals surface area contributed by atoms with Gasteiger partial charge in [0.25, 0.3) is 0 Å². The molecule has 0 spiro atoms. The van der Waals surface area contributed by atoms with Crippen LogP contribution in [0.5, 0.6) is 5.75 Å². The Labute approximate surface area is 89.7 Å². The fraction of sp³-hybridized carbons (Fsp3) is 0.417. The number of hydrogen-bond donors (Lipinski definition) is 1. The van der Waals surface area contributed by atoms with Crippen molar-refractivity contribution in [1.29, 1.82) is 0 Å². The molecule has 0 aliphatic rings. The third-order valence-corrected chi connectivity index (χ3v) is 2.39. The smallest absolute Gasteiger partial charge is 0.311 e. The molecule has 0 saturated carbocycles. The normalized spacial score (nSPS) is 12.1. The molecular weight excluding hydrogens is 192 g/mol. The molecule has 0 unspecified atom stereocenters. The number of aliphatic carboxylic acids is 1. The predicted molar refractivity (Wildman–Crippen MR) is 58.3 cm³/mol. The van der Waals surface area contributed by atoms with Gasteiger partial charge in [0.1, 0.15) is 5.75 Å². The molecule has 0 aromatic heterocycles. The highest BCUT2D eigenvalue weighted by molar-refractivity contribution is 5.77. The number of benzene rings is 1. The van der Waals surface area contributed by atoms with E-state index in [1.807, 2.05) is 25.1 Å². The zero-order valence-electron chi connectivity index (χ0n) is 9.06. The first-order valence-corrected chi connectivity index (χ1v) is 5.06. The second kappa shape index (κ2) is 5.39. The van der Waals surface area contributed by atoms with Crippen LogP contribution in [0.25, 0.3) is 0 Å². The van der Waals surface area contributed by atoms with E-state index in [-0.39, 0.29) is 0 Å². The highest BCUT2D eigenvalue weighted by atomic mass is 16.5. The van der Waals surface area contributed by atoms with Gasteiger partial charge in [-0.2, -0.15) is 0 Å². The van der Waals surface area contributed by atoms with Crippen LogP contribution >= 0.6 is 0 Å². The SMILES string of the molecule is CCC[C@@H](C(=O)O)c1ccccc1OC. The Morgan fingerprint density at radius 1 is 1.47 bits per heavy atom. The molecule has 0 saturated heterocycles. The predicted octanol–water partition coefficient (Wildman–Crippen LogP) is 2.66. The molecule has 1 atom stereocenters. The van der Waals surface area contributed by atoms with Gasteiger partial charge in [0.05, 0.1) is 13.0 Å². The molecule has 1 N–H and O–H groups in total. The molecule has 0 amide bonds. The van der Waals surface area contributed by atoms with Crippen molar-refractivity contribution < 1.29 is 14.6 Å². The fourth-order valence-corrected chi connectivity index (χ4v) is 1.65. The van der Waals surface area contributed by atoms with Gasteiger partial charge in [0.2, 0.25) is 0 Å². The van der Waals surface area contributed by atoms with E-state index in [1.165, 1.54) is 0 Å². The van der Waals surface area contributed by atoms with Crippen molar-refractivity contribution in [3.8, 4) is 5.75 Å². The molecular formula is C12H16O3. The van der Waals surface area contributed by atoms with Gasteiger partial charge in [-0.15, -0.1) is 0 Å². The van der Waals surface area contributed by atoms with Crippen LogP contribution in [0.3, 0.4) is 0 Å². The van der Waals surface area contributed by atoms with Crippen LogP contribution in [0.15, 0.2) is 24.3 Å². The number of rotatable bonds is 5. The molecule has 0 aliphatic carbocycles. The van der Waals surface area contributed by atoms with E-state index in [2.05, 4.69) is 0 Å². The van der Waals surface area contributed by atoms with Crippen LogP contribution in [0.4, 0.5) is 0 Å². The van der Waals surface area contributed by atoms with Crippen LogP contribution in [0, 0.1) is 0 Å². The molecule has 82 valence electrons. The van der Waals surface area contributed by atoms with Crippen molar-refractivity contribution in [3.05, 3.63) is 29.8 Å². The highest BCUT2D eigenvalue weighted by Crippen LogP contribution is 2.29. The zero-order chi connectivity index (χ0) is 11.3. The summed E-state index contributed by atoms with van der Waals surface area (Å²) in [5.41, 5.74) is 0.759. The Bertz CT molecular complexity index is 333. The number of carboxylic acids is 1. The number of ether oxygens (including phenoxy) is 1. The van der Waals surface area contributed by atoms with Gasteiger partial charge in [0, 0.05) is 5.56 Å². The van der Waals surface area contributed by atoms with Crippen molar-refractivity contribution >= 4 is 5.97 Å². The standard InChI is InChI=1S/C12H16O3/c1-3-6-10(12(13)14)9-7-4-5-8-11(9)15-2/h4-5,7-8,10H,3,6H2,1-2H3,(H,13,14)/t10-/m1/s1. The Morgan fingerprint density at radius 3 is 2.67 bits per heavy atom. The number of carbonyl (C=O) groups is 1. The molecule has 1 rings (SSSR count). The number of methoxy groups -OCH3 is 1. The molecule has 15 heavy (non-hydrogen) atoms.